The number of thioether (sulfide) groups is 1. The van der Waals surface area contributed by atoms with Gasteiger partial charge in [-0.2, -0.15) is 5.26 Å². The van der Waals surface area contributed by atoms with Crippen LogP contribution < -0.4 is 11.1 Å². The molecule has 0 radical (unpaired) electrons. The molecule has 0 unspecified atom stereocenters. The maximum Gasteiger partial charge on any atom is 0.307 e. The van der Waals surface area contributed by atoms with Gasteiger partial charge < -0.3 is 15.8 Å². The summed E-state index contributed by atoms with van der Waals surface area (Å²) in [4.78, 5) is 39.9. The molecule has 2 aromatic rings. The second-order valence-corrected chi connectivity index (χ2v) is 9.41. The second-order valence-electron chi connectivity index (χ2n) is 7.81. The number of nitrogens with one attached hydrogen (secondary N) is 1. The molecule has 2 aliphatic heterocycles. The predicted octanol–water partition coefficient (Wildman–Crippen LogP) is 3.17. The van der Waals surface area contributed by atoms with Crippen molar-refractivity contribution in [2.24, 2.45) is 5.73 Å². The molecule has 2 aromatic carbocycles. The van der Waals surface area contributed by atoms with E-state index in [9.17, 15) is 19.6 Å². The zero-order valence-corrected chi connectivity index (χ0v) is 20.2. The largest absolute Gasteiger partial charge is 0.469 e. The number of halogens is 1. The molecule has 178 valence electrons. The lowest BCUT2D eigenvalue weighted by atomic mass is 9.82. The first-order valence-corrected chi connectivity index (χ1v) is 11.9. The minimum Gasteiger partial charge on any atom is -0.469 e. The van der Waals surface area contributed by atoms with Gasteiger partial charge in [-0.05, 0) is 17.2 Å². The van der Waals surface area contributed by atoms with E-state index in [-0.39, 0.29) is 35.0 Å². The standard InChI is InChI=1S/C25H21ClN4O4S/c1-34-19(31)11-18-24(33)30-22(28)16(12-27)20(15-9-5-6-10-17(15)26)21(25(30)35-18)23(32)29-13-14-7-3-2-4-8-14/h2-10,18,20H,11,13,28H2,1H3,(H,29,32)/t18-,20-/m1/s1. The fourth-order valence-corrected chi connectivity index (χ4v) is 5.61. The average molecular weight is 509 g/mol. The number of hydrogen-bond acceptors (Lipinski definition) is 7. The molecule has 2 heterocycles. The van der Waals surface area contributed by atoms with Crippen molar-refractivity contribution in [2.75, 3.05) is 7.11 Å². The Bertz CT molecular complexity index is 1300. The predicted molar refractivity (Wildman–Crippen MR) is 131 cm³/mol. The summed E-state index contributed by atoms with van der Waals surface area (Å²) in [6.07, 6.45) is -0.204. The Labute approximate surface area is 211 Å². The van der Waals surface area contributed by atoms with Crippen LogP contribution in [0.15, 0.2) is 76.6 Å². The first-order valence-electron chi connectivity index (χ1n) is 10.6. The number of fused-ring (bicyclic) bond motifs is 1. The van der Waals surface area contributed by atoms with E-state index >= 15 is 0 Å². The van der Waals surface area contributed by atoms with Crippen LogP contribution in [0.2, 0.25) is 5.02 Å². The summed E-state index contributed by atoms with van der Waals surface area (Å²) in [6, 6.07) is 18.3. The minimum absolute atomic E-state index is 0.0272. The Kier molecular flexibility index (Phi) is 7.15. The molecule has 2 atom stereocenters. The summed E-state index contributed by atoms with van der Waals surface area (Å²) in [7, 11) is 1.23. The first-order chi connectivity index (χ1) is 16.9. The quantitative estimate of drug-likeness (QED) is 0.574. The van der Waals surface area contributed by atoms with Crippen LogP contribution in [0.1, 0.15) is 23.5 Å². The van der Waals surface area contributed by atoms with E-state index in [2.05, 4.69) is 11.4 Å². The fraction of sp³-hybridized carbons (Fsp3) is 0.200. The number of nitrogens with zero attached hydrogens (tertiary/aromatic N) is 2. The van der Waals surface area contributed by atoms with Gasteiger partial charge in [0.1, 0.15) is 11.1 Å². The van der Waals surface area contributed by atoms with Gasteiger partial charge in [0, 0.05) is 11.6 Å². The maximum absolute atomic E-state index is 13.6. The van der Waals surface area contributed by atoms with Gasteiger partial charge in [-0.15, -0.1) is 0 Å². The first kappa shape index (κ1) is 24.4. The third-order valence-electron chi connectivity index (χ3n) is 5.73. The Morgan fingerprint density at radius 3 is 2.54 bits per heavy atom. The lowest BCUT2D eigenvalue weighted by Crippen LogP contribution is -2.40. The molecule has 0 bridgehead atoms. The zero-order chi connectivity index (χ0) is 25.1. The summed E-state index contributed by atoms with van der Waals surface area (Å²) < 4.78 is 4.72. The number of ether oxygens (including phenoxy) is 1. The molecule has 1 saturated heterocycles. The molecule has 3 N–H and O–H groups in total. The highest BCUT2D eigenvalue weighted by Crippen LogP contribution is 2.50. The van der Waals surface area contributed by atoms with Crippen LogP contribution >= 0.6 is 23.4 Å². The van der Waals surface area contributed by atoms with Crippen LogP contribution in [-0.2, 0) is 25.7 Å². The van der Waals surface area contributed by atoms with Crippen molar-refractivity contribution in [2.45, 2.75) is 24.1 Å². The number of benzene rings is 2. The summed E-state index contributed by atoms with van der Waals surface area (Å²) in [5.74, 6) is -2.52. The Hall–Kier alpha value is -3.74. The van der Waals surface area contributed by atoms with Crippen LogP contribution in [0.5, 0.6) is 0 Å². The normalized spacial score (nSPS) is 19.3. The third kappa shape index (κ3) is 4.63. The van der Waals surface area contributed by atoms with Gasteiger partial charge in [0.15, 0.2) is 0 Å². The smallest absolute Gasteiger partial charge is 0.307 e. The molecule has 0 aromatic heterocycles. The minimum atomic E-state index is -0.895. The van der Waals surface area contributed by atoms with Gasteiger partial charge in [-0.3, -0.25) is 19.3 Å². The molecule has 0 aliphatic carbocycles. The van der Waals surface area contributed by atoms with Crippen LogP contribution in [0.4, 0.5) is 0 Å². The number of amides is 2. The van der Waals surface area contributed by atoms with Gasteiger partial charge in [-0.1, -0.05) is 71.9 Å². The number of methoxy groups -OCH3 is 1. The van der Waals surface area contributed by atoms with E-state index in [0.29, 0.717) is 10.6 Å². The summed E-state index contributed by atoms with van der Waals surface area (Å²) >= 11 is 7.54. The van der Waals surface area contributed by atoms with Crippen molar-refractivity contribution in [3.8, 4) is 6.07 Å². The van der Waals surface area contributed by atoms with E-state index in [1.165, 1.54) is 7.11 Å². The highest BCUT2D eigenvalue weighted by molar-refractivity contribution is 8.04. The van der Waals surface area contributed by atoms with Gasteiger partial charge in [0.05, 0.1) is 41.7 Å². The molecule has 4 rings (SSSR count). The summed E-state index contributed by atoms with van der Waals surface area (Å²) in [6.45, 7) is 0.233. The summed E-state index contributed by atoms with van der Waals surface area (Å²) in [5.41, 5.74) is 7.91. The third-order valence-corrected chi connectivity index (χ3v) is 7.36. The van der Waals surface area contributed by atoms with Crippen molar-refractivity contribution in [1.29, 1.82) is 5.26 Å². The lowest BCUT2D eigenvalue weighted by molar-refractivity contribution is -0.142. The van der Waals surface area contributed by atoms with E-state index in [1.807, 2.05) is 30.3 Å². The van der Waals surface area contributed by atoms with E-state index in [0.717, 1.165) is 22.2 Å². The van der Waals surface area contributed by atoms with E-state index in [1.54, 1.807) is 24.3 Å². The van der Waals surface area contributed by atoms with Gasteiger partial charge >= 0.3 is 5.97 Å². The monoisotopic (exact) mass is 508 g/mol. The number of esters is 1. The molecule has 1 fully saturated rings. The Balaban J connectivity index is 1.83. The van der Waals surface area contributed by atoms with Crippen molar-refractivity contribution in [1.82, 2.24) is 10.2 Å². The number of nitriles is 1. The average Bonchev–Trinajstić information content (AvgIpc) is 3.19. The number of carbonyl (C=O) groups is 3. The highest BCUT2D eigenvalue weighted by atomic mass is 35.5. The van der Waals surface area contributed by atoms with E-state index in [4.69, 9.17) is 22.1 Å². The number of nitrogens with two attached hydrogens (primary N) is 1. The molecule has 0 saturated carbocycles. The SMILES string of the molecule is COC(=O)C[C@H]1SC2=C(C(=O)NCc3ccccc3)[C@H](c3ccccc3Cl)C(C#N)=C(N)N2C1=O. The van der Waals surface area contributed by atoms with Crippen LogP contribution in [0, 0.1) is 11.3 Å². The molecule has 10 heteroatoms. The molecule has 2 aliphatic rings. The van der Waals surface area contributed by atoms with Crippen molar-refractivity contribution in [3.63, 3.8) is 0 Å². The van der Waals surface area contributed by atoms with Gasteiger partial charge in [0.25, 0.3) is 5.91 Å². The summed E-state index contributed by atoms with van der Waals surface area (Å²) in [5, 5.41) is 12.7. The molecule has 35 heavy (non-hydrogen) atoms. The Morgan fingerprint density at radius 1 is 1.20 bits per heavy atom. The van der Waals surface area contributed by atoms with Crippen molar-refractivity contribution < 1.29 is 19.1 Å². The maximum atomic E-state index is 13.6. The highest BCUT2D eigenvalue weighted by Gasteiger charge is 2.48. The molecular weight excluding hydrogens is 488 g/mol. The topological polar surface area (TPSA) is 126 Å². The second kappa shape index (κ2) is 10.3. The molecular formula is C25H21ClN4O4S. The fourth-order valence-electron chi connectivity index (χ4n) is 4.04. The Morgan fingerprint density at radius 2 is 1.89 bits per heavy atom. The molecule has 8 nitrogen and oxygen atoms in total. The van der Waals surface area contributed by atoms with Gasteiger partial charge in [-0.25, -0.2) is 0 Å². The van der Waals surface area contributed by atoms with Crippen LogP contribution in [0.25, 0.3) is 0 Å². The molecule has 0 spiro atoms. The molecule has 2 amide bonds. The lowest BCUT2D eigenvalue weighted by Gasteiger charge is -2.32. The van der Waals surface area contributed by atoms with E-state index < -0.39 is 29.0 Å². The number of hydrogen-bond donors (Lipinski definition) is 2. The van der Waals surface area contributed by atoms with Crippen molar-refractivity contribution in [3.05, 3.63) is 92.7 Å². The number of carbonyl (C=O) groups excluding carboxylic acids is 3. The van der Waals surface area contributed by atoms with Crippen LogP contribution in [-0.4, -0.2) is 35.0 Å². The van der Waals surface area contributed by atoms with Gasteiger partial charge in [0.2, 0.25) is 5.91 Å². The zero-order valence-electron chi connectivity index (χ0n) is 18.7. The number of allylic oxidation sites excluding steroid dienone is 1. The van der Waals surface area contributed by atoms with Crippen molar-refractivity contribution >= 4 is 41.1 Å². The van der Waals surface area contributed by atoms with Crippen LogP contribution in [0.3, 0.4) is 0 Å². The number of rotatable bonds is 6.